The molecule has 0 aromatic carbocycles. The van der Waals surface area contributed by atoms with Crippen molar-refractivity contribution in [1.29, 1.82) is 0 Å². The maximum Gasteiger partial charge on any atom is 0.180 e. The topological polar surface area (TPSA) is 49.7 Å². The van der Waals surface area contributed by atoms with E-state index in [9.17, 15) is 4.79 Å². The summed E-state index contributed by atoms with van der Waals surface area (Å²) in [7, 11) is 0. The average molecular weight is 183 g/mol. The van der Waals surface area contributed by atoms with Gasteiger partial charge in [-0.05, 0) is 24.2 Å². The maximum absolute atomic E-state index is 11.2. The summed E-state index contributed by atoms with van der Waals surface area (Å²) < 4.78 is 0. The molecule has 3 heteroatoms. The maximum atomic E-state index is 11.2. The van der Waals surface area contributed by atoms with E-state index in [1.54, 1.807) is 0 Å². The summed E-state index contributed by atoms with van der Waals surface area (Å²) in [4.78, 5) is 11.2. The predicted octanol–water partition coefficient (Wildman–Crippen LogP) is 2.23. The van der Waals surface area contributed by atoms with Gasteiger partial charge in [-0.3, -0.25) is 4.79 Å². The van der Waals surface area contributed by atoms with Crippen molar-refractivity contribution < 1.29 is 10.0 Å². The van der Waals surface area contributed by atoms with E-state index in [2.05, 4.69) is 25.9 Å². The van der Waals surface area contributed by atoms with Crippen molar-refractivity contribution in [3.63, 3.8) is 0 Å². The molecule has 1 saturated carbocycles. The van der Waals surface area contributed by atoms with Crippen LogP contribution in [0.4, 0.5) is 0 Å². The van der Waals surface area contributed by atoms with E-state index in [4.69, 9.17) is 5.21 Å². The van der Waals surface area contributed by atoms with Crippen molar-refractivity contribution in [2.24, 2.45) is 16.5 Å². The Hall–Kier alpha value is -0.860. The Labute approximate surface area is 78.8 Å². The number of oxime groups is 1. The number of Topliss-reactive ketones (excluding diaryl/α,β-unsaturated/α-hetero) is 1. The molecule has 1 aliphatic carbocycles. The normalized spacial score (nSPS) is 28.1. The second-order valence-electron chi connectivity index (χ2n) is 4.78. The SMILES string of the molecule is CC(C)(C)C1CCC(=O)C(=NO)C1. The van der Waals surface area contributed by atoms with Crippen molar-refractivity contribution in [3.05, 3.63) is 0 Å². The van der Waals surface area contributed by atoms with Gasteiger partial charge in [0.2, 0.25) is 0 Å². The molecule has 0 aromatic heterocycles. The summed E-state index contributed by atoms with van der Waals surface area (Å²) in [5, 5.41) is 11.7. The molecule has 1 atom stereocenters. The van der Waals surface area contributed by atoms with Crippen molar-refractivity contribution in [1.82, 2.24) is 0 Å². The molecule has 1 N–H and O–H groups in total. The van der Waals surface area contributed by atoms with Crippen molar-refractivity contribution in [3.8, 4) is 0 Å². The number of hydrogen-bond donors (Lipinski definition) is 1. The molecule has 1 rings (SSSR count). The van der Waals surface area contributed by atoms with Crippen LogP contribution in [0.3, 0.4) is 0 Å². The van der Waals surface area contributed by atoms with Gasteiger partial charge in [0.15, 0.2) is 5.78 Å². The van der Waals surface area contributed by atoms with E-state index in [0.29, 0.717) is 24.5 Å². The highest BCUT2D eigenvalue weighted by Crippen LogP contribution is 2.35. The molecule has 0 amide bonds. The van der Waals surface area contributed by atoms with E-state index in [1.807, 2.05) is 0 Å². The molecular formula is C10H17NO2. The predicted molar refractivity (Wildman–Crippen MR) is 51.0 cm³/mol. The third-order valence-electron chi connectivity index (χ3n) is 2.83. The molecule has 0 spiro atoms. The smallest absolute Gasteiger partial charge is 0.180 e. The van der Waals surface area contributed by atoms with Crippen LogP contribution in [0.15, 0.2) is 5.16 Å². The van der Waals surface area contributed by atoms with Gasteiger partial charge in [-0.15, -0.1) is 0 Å². The molecule has 1 unspecified atom stereocenters. The van der Waals surface area contributed by atoms with Crippen molar-refractivity contribution in [2.75, 3.05) is 0 Å². The molecule has 0 aromatic rings. The third kappa shape index (κ3) is 2.29. The quantitative estimate of drug-likeness (QED) is 0.462. The summed E-state index contributed by atoms with van der Waals surface area (Å²) in [6, 6.07) is 0. The number of hydrogen-bond acceptors (Lipinski definition) is 3. The van der Waals surface area contributed by atoms with Gasteiger partial charge in [0, 0.05) is 6.42 Å². The summed E-state index contributed by atoms with van der Waals surface area (Å²) in [5.41, 5.74) is 0.544. The Kier molecular flexibility index (Phi) is 2.74. The number of rotatable bonds is 0. The van der Waals surface area contributed by atoms with E-state index < -0.39 is 0 Å². The molecule has 1 aliphatic rings. The molecule has 3 nitrogen and oxygen atoms in total. The average Bonchev–Trinajstić information content (AvgIpc) is 2.03. The molecular weight excluding hydrogens is 166 g/mol. The van der Waals surface area contributed by atoms with Gasteiger partial charge in [-0.2, -0.15) is 0 Å². The summed E-state index contributed by atoms with van der Waals surface area (Å²) >= 11 is 0. The zero-order valence-electron chi connectivity index (χ0n) is 8.50. The van der Waals surface area contributed by atoms with E-state index in [1.165, 1.54) is 0 Å². The fourth-order valence-corrected chi connectivity index (χ4v) is 1.73. The third-order valence-corrected chi connectivity index (χ3v) is 2.83. The highest BCUT2D eigenvalue weighted by molar-refractivity contribution is 6.40. The van der Waals surface area contributed by atoms with Gasteiger partial charge < -0.3 is 5.21 Å². The first-order valence-corrected chi connectivity index (χ1v) is 4.69. The lowest BCUT2D eigenvalue weighted by Crippen LogP contribution is -2.32. The van der Waals surface area contributed by atoms with Gasteiger partial charge in [0.05, 0.1) is 0 Å². The lowest BCUT2D eigenvalue weighted by molar-refractivity contribution is -0.114. The van der Waals surface area contributed by atoms with E-state index in [-0.39, 0.29) is 11.2 Å². The Bertz CT molecular complexity index is 238. The summed E-state index contributed by atoms with van der Waals surface area (Å²) in [6.45, 7) is 6.47. The van der Waals surface area contributed by atoms with Gasteiger partial charge in [0.1, 0.15) is 5.71 Å². The lowest BCUT2D eigenvalue weighted by atomic mass is 9.71. The number of carbonyl (C=O) groups is 1. The molecule has 1 fully saturated rings. The monoisotopic (exact) mass is 183 g/mol. The van der Waals surface area contributed by atoms with Crippen LogP contribution in [0.5, 0.6) is 0 Å². The van der Waals surface area contributed by atoms with Crippen LogP contribution < -0.4 is 0 Å². The molecule has 0 heterocycles. The van der Waals surface area contributed by atoms with Gasteiger partial charge >= 0.3 is 0 Å². The van der Waals surface area contributed by atoms with Gasteiger partial charge in [-0.1, -0.05) is 25.9 Å². The van der Waals surface area contributed by atoms with Crippen LogP contribution >= 0.6 is 0 Å². The zero-order chi connectivity index (χ0) is 10.1. The molecule has 0 bridgehead atoms. The van der Waals surface area contributed by atoms with Crippen LogP contribution in [0, 0.1) is 11.3 Å². The van der Waals surface area contributed by atoms with Crippen molar-refractivity contribution in [2.45, 2.75) is 40.0 Å². The second-order valence-corrected chi connectivity index (χ2v) is 4.78. The van der Waals surface area contributed by atoms with E-state index >= 15 is 0 Å². The molecule has 0 saturated heterocycles. The van der Waals surface area contributed by atoms with Crippen molar-refractivity contribution >= 4 is 11.5 Å². The van der Waals surface area contributed by atoms with Crippen LogP contribution in [0.25, 0.3) is 0 Å². The molecule has 0 radical (unpaired) electrons. The van der Waals surface area contributed by atoms with Crippen LogP contribution in [-0.2, 0) is 4.79 Å². The van der Waals surface area contributed by atoms with Gasteiger partial charge in [-0.25, -0.2) is 0 Å². The Balaban J connectivity index is 2.71. The molecule has 0 aliphatic heterocycles. The largest absolute Gasteiger partial charge is 0.411 e. The Morgan fingerprint density at radius 1 is 1.46 bits per heavy atom. The number of ketones is 1. The Morgan fingerprint density at radius 3 is 2.54 bits per heavy atom. The first-order chi connectivity index (χ1) is 5.95. The minimum absolute atomic E-state index is 0.00278. The lowest BCUT2D eigenvalue weighted by Gasteiger charge is -2.33. The molecule has 74 valence electrons. The molecule has 13 heavy (non-hydrogen) atoms. The summed E-state index contributed by atoms with van der Waals surface area (Å²) in [5.74, 6) is 0.458. The standard InChI is InChI=1S/C10H17NO2/c1-10(2,3)7-4-5-9(12)8(6-7)11-13/h7,13H,4-6H2,1-3H3. The Morgan fingerprint density at radius 2 is 2.08 bits per heavy atom. The number of carbonyl (C=O) groups excluding carboxylic acids is 1. The highest BCUT2D eigenvalue weighted by atomic mass is 16.4. The minimum atomic E-state index is 0.00278. The summed E-state index contributed by atoms with van der Waals surface area (Å²) in [6.07, 6.45) is 2.07. The van der Waals surface area contributed by atoms with Gasteiger partial charge in [0.25, 0.3) is 0 Å². The second kappa shape index (κ2) is 3.48. The highest BCUT2D eigenvalue weighted by Gasteiger charge is 2.32. The first kappa shape index (κ1) is 10.2. The number of nitrogens with zero attached hydrogens (tertiary/aromatic N) is 1. The first-order valence-electron chi connectivity index (χ1n) is 4.69. The fraction of sp³-hybridized carbons (Fsp3) is 0.800. The fourth-order valence-electron chi connectivity index (χ4n) is 1.73. The van der Waals surface area contributed by atoms with Crippen LogP contribution in [-0.4, -0.2) is 16.7 Å². The minimum Gasteiger partial charge on any atom is -0.411 e. The van der Waals surface area contributed by atoms with Crippen LogP contribution in [0.2, 0.25) is 0 Å². The van der Waals surface area contributed by atoms with E-state index in [0.717, 1.165) is 6.42 Å². The van der Waals surface area contributed by atoms with Crippen LogP contribution in [0.1, 0.15) is 40.0 Å². The zero-order valence-corrected chi connectivity index (χ0v) is 8.50.